The topological polar surface area (TPSA) is 128 Å². The summed E-state index contributed by atoms with van der Waals surface area (Å²) in [5, 5.41) is 19.3. The van der Waals surface area contributed by atoms with Crippen LogP contribution in [0.5, 0.6) is 17.2 Å². The number of carbonyl (C=O) groups is 2. The molecule has 3 aliphatic rings. The molecule has 2 amide bonds. The van der Waals surface area contributed by atoms with Crippen molar-refractivity contribution < 1.29 is 33.6 Å². The van der Waals surface area contributed by atoms with E-state index in [0.717, 1.165) is 33.9 Å². The number of fused-ring (bicyclic) bond motifs is 3. The maximum atomic E-state index is 15.3. The first-order chi connectivity index (χ1) is 27.1. The molecule has 0 bridgehead atoms. The molecular formula is C43H47N5O7Si. The molecule has 4 aromatic carbocycles. The summed E-state index contributed by atoms with van der Waals surface area (Å²) in [4.78, 5) is 31.9. The van der Waals surface area contributed by atoms with E-state index in [0.29, 0.717) is 43.1 Å². The summed E-state index contributed by atoms with van der Waals surface area (Å²) < 4.78 is 26.0. The monoisotopic (exact) mass is 773 g/mol. The molecule has 0 unspecified atom stereocenters. The Bertz CT molecular complexity index is 2240. The van der Waals surface area contributed by atoms with Gasteiger partial charge in [-0.25, -0.2) is 0 Å². The van der Waals surface area contributed by atoms with E-state index in [4.69, 9.17) is 18.9 Å². The average Bonchev–Trinajstić information content (AvgIpc) is 3.87. The number of carbonyl (C=O) groups excluding carboxylic acids is 2. The van der Waals surface area contributed by atoms with Crippen molar-refractivity contribution >= 4 is 42.1 Å². The largest absolute Gasteiger partial charge is 0.497 e. The number of amides is 2. The third-order valence-corrected chi connectivity index (χ3v) is 16.2. The minimum absolute atomic E-state index is 0.00188. The van der Waals surface area contributed by atoms with Crippen molar-refractivity contribution in [1.82, 2.24) is 15.0 Å². The van der Waals surface area contributed by atoms with E-state index in [9.17, 15) is 9.90 Å². The fourth-order valence-electron chi connectivity index (χ4n) is 9.10. The van der Waals surface area contributed by atoms with Crippen molar-refractivity contribution in [1.29, 1.82) is 0 Å². The number of ether oxygens (including phenoxy) is 4. The number of aliphatic hydroxyl groups is 1. The van der Waals surface area contributed by atoms with Gasteiger partial charge in [-0.1, -0.05) is 66.8 Å². The van der Waals surface area contributed by atoms with E-state index in [1.54, 1.807) is 23.8 Å². The number of rotatable bonds is 12. The number of para-hydroxylation sites is 2. The van der Waals surface area contributed by atoms with Crippen LogP contribution in [0.15, 0.2) is 97.2 Å². The zero-order valence-electron chi connectivity index (χ0n) is 32.3. The van der Waals surface area contributed by atoms with Gasteiger partial charge in [-0.3, -0.25) is 19.2 Å². The number of nitrogens with zero attached hydrogens (tertiary/aromatic N) is 5. The zero-order chi connectivity index (χ0) is 39.2. The van der Waals surface area contributed by atoms with Gasteiger partial charge in [-0.05, 0) is 72.1 Å². The standard InChI is InChI=1S/C43H47N5O7Si/c1-28-41(56(4,5)34-17-14-32(52-2)15-18-34)39(20-22-46-26-30(21-23-49)44-45-46)55-43(28)35-24-33(53-3)16-19-36(35)47(42(43)51)25-29-10-12-31(13-11-29)48-37-8-6-7-9-38(37)54-27-40(48)50/h6-19,24,26,28,39,41,49H,20-23,25,27H2,1-5H3/t28-,39+,41-,43+/m0/s1. The van der Waals surface area contributed by atoms with Crippen molar-refractivity contribution in [2.24, 2.45) is 5.92 Å². The highest BCUT2D eigenvalue weighted by Crippen LogP contribution is 2.60. The molecule has 4 atom stereocenters. The highest BCUT2D eigenvalue weighted by atomic mass is 28.3. The normalized spacial score (nSPS) is 21.6. The van der Waals surface area contributed by atoms with E-state index < -0.39 is 13.7 Å². The summed E-state index contributed by atoms with van der Waals surface area (Å²) in [6, 6.07) is 29.4. The Morgan fingerprint density at radius 1 is 0.929 bits per heavy atom. The Morgan fingerprint density at radius 2 is 1.66 bits per heavy atom. The van der Waals surface area contributed by atoms with E-state index in [-0.39, 0.29) is 42.6 Å². The summed E-state index contributed by atoms with van der Waals surface area (Å²) in [6.45, 7) is 7.72. The van der Waals surface area contributed by atoms with E-state index in [1.807, 2.05) is 90.0 Å². The van der Waals surface area contributed by atoms with Crippen LogP contribution in [0, 0.1) is 5.92 Å². The molecule has 12 nitrogen and oxygen atoms in total. The predicted molar refractivity (Wildman–Crippen MR) is 215 cm³/mol. The maximum Gasteiger partial charge on any atom is 0.269 e. The molecule has 1 aromatic heterocycles. The molecule has 0 aliphatic carbocycles. The lowest BCUT2D eigenvalue weighted by Crippen LogP contribution is -2.51. The highest BCUT2D eigenvalue weighted by Gasteiger charge is 2.66. The highest BCUT2D eigenvalue weighted by molar-refractivity contribution is 6.91. The van der Waals surface area contributed by atoms with Crippen LogP contribution in [0.1, 0.15) is 30.2 Å². The number of methoxy groups -OCH3 is 2. The summed E-state index contributed by atoms with van der Waals surface area (Å²) >= 11 is 0. The molecule has 1 saturated heterocycles. The van der Waals surface area contributed by atoms with Crippen LogP contribution in [-0.2, 0) is 39.4 Å². The summed E-state index contributed by atoms with van der Waals surface area (Å²) in [5.41, 5.74) is 3.43. The van der Waals surface area contributed by atoms with Gasteiger partial charge in [0.15, 0.2) is 12.2 Å². The molecule has 4 heterocycles. The quantitative estimate of drug-likeness (QED) is 0.158. The summed E-state index contributed by atoms with van der Waals surface area (Å²) in [6.07, 6.45) is 2.64. The van der Waals surface area contributed by atoms with Crippen molar-refractivity contribution in [3.8, 4) is 17.2 Å². The Labute approximate surface area is 327 Å². The van der Waals surface area contributed by atoms with Gasteiger partial charge in [0.2, 0.25) is 0 Å². The molecule has 0 radical (unpaired) electrons. The zero-order valence-corrected chi connectivity index (χ0v) is 33.3. The number of hydrogen-bond acceptors (Lipinski definition) is 9. The smallest absolute Gasteiger partial charge is 0.269 e. The van der Waals surface area contributed by atoms with Gasteiger partial charge in [-0.15, -0.1) is 5.10 Å². The molecule has 8 rings (SSSR count). The van der Waals surface area contributed by atoms with Crippen LogP contribution < -0.4 is 29.2 Å². The lowest BCUT2D eigenvalue weighted by molar-refractivity contribution is -0.146. The molecular weight excluding hydrogens is 727 g/mol. The fourth-order valence-corrected chi connectivity index (χ4v) is 13.2. The molecule has 0 saturated carbocycles. The van der Waals surface area contributed by atoms with Gasteiger partial charge < -0.3 is 29.0 Å². The minimum Gasteiger partial charge on any atom is -0.497 e. The Hall–Kier alpha value is -5.50. The molecule has 1 spiro atoms. The van der Waals surface area contributed by atoms with E-state index in [2.05, 4.69) is 42.5 Å². The number of aliphatic hydroxyl groups excluding tert-OH is 1. The predicted octanol–water partition coefficient (Wildman–Crippen LogP) is 5.74. The Morgan fingerprint density at radius 3 is 2.39 bits per heavy atom. The van der Waals surface area contributed by atoms with Gasteiger partial charge in [0, 0.05) is 42.9 Å². The molecule has 5 aromatic rings. The Balaban J connectivity index is 1.15. The van der Waals surface area contributed by atoms with Crippen LogP contribution >= 0.6 is 0 Å². The number of aryl methyl sites for hydroxylation is 1. The van der Waals surface area contributed by atoms with Crippen molar-refractivity contribution in [3.63, 3.8) is 0 Å². The SMILES string of the molecule is COc1ccc([Si](C)(C)[C@@H]2[C@@H](CCn3cc(CCO)nn3)O[C@]3(C(=O)N(Cc4ccc(N5C(=O)COc6ccccc65)cc4)c4ccc(OC)cc43)[C@H]2C)cc1. The van der Waals surface area contributed by atoms with Gasteiger partial charge in [-0.2, -0.15) is 0 Å². The molecule has 290 valence electrons. The molecule has 1 fully saturated rings. The van der Waals surface area contributed by atoms with Crippen molar-refractivity contribution in [3.05, 3.63) is 114 Å². The number of anilines is 3. The van der Waals surface area contributed by atoms with Crippen LogP contribution in [0.4, 0.5) is 17.1 Å². The molecule has 1 N–H and O–H groups in total. The molecule has 3 aliphatic heterocycles. The first kappa shape index (κ1) is 37.4. The Kier molecular flexibility index (Phi) is 9.93. The van der Waals surface area contributed by atoms with Crippen molar-refractivity contribution in [2.75, 3.05) is 37.2 Å². The molecule has 56 heavy (non-hydrogen) atoms. The van der Waals surface area contributed by atoms with E-state index >= 15 is 4.79 Å². The molecule has 13 heteroatoms. The van der Waals surface area contributed by atoms with Crippen LogP contribution in [0.25, 0.3) is 0 Å². The number of benzene rings is 4. The van der Waals surface area contributed by atoms with Gasteiger partial charge in [0.1, 0.15) is 17.2 Å². The first-order valence-corrected chi connectivity index (χ1v) is 22.1. The van der Waals surface area contributed by atoms with Gasteiger partial charge in [0.25, 0.3) is 11.8 Å². The first-order valence-electron chi connectivity index (χ1n) is 19.1. The fraction of sp³-hybridized carbons (Fsp3) is 0.349. The van der Waals surface area contributed by atoms with Crippen molar-refractivity contribution in [2.45, 2.75) is 63.2 Å². The second kappa shape index (κ2) is 14.9. The number of hydrogen-bond donors (Lipinski definition) is 1. The second-order valence-electron chi connectivity index (χ2n) is 15.3. The lowest BCUT2D eigenvalue weighted by Gasteiger charge is -2.37. The second-order valence-corrected chi connectivity index (χ2v) is 20.0. The minimum atomic E-state index is -2.37. The van der Waals surface area contributed by atoms with Crippen LogP contribution in [0.2, 0.25) is 18.6 Å². The van der Waals surface area contributed by atoms with Crippen LogP contribution in [-0.4, -0.2) is 73.5 Å². The third kappa shape index (κ3) is 6.33. The van der Waals surface area contributed by atoms with Gasteiger partial charge >= 0.3 is 0 Å². The number of aromatic nitrogens is 3. The van der Waals surface area contributed by atoms with Crippen LogP contribution in [0.3, 0.4) is 0 Å². The summed E-state index contributed by atoms with van der Waals surface area (Å²) in [7, 11) is 0.931. The third-order valence-electron chi connectivity index (χ3n) is 11.9. The summed E-state index contributed by atoms with van der Waals surface area (Å²) in [5.74, 6) is 1.65. The lowest BCUT2D eigenvalue weighted by atomic mass is 9.82. The maximum absolute atomic E-state index is 15.3. The average molecular weight is 774 g/mol. The van der Waals surface area contributed by atoms with Gasteiger partial charge in [0.05, 0.1) is 52.0 Å². The van der Waals surface area contributed by atoms with E-state index in [1.165, 1.54) is 5.19 Å².